The van der Waals surface area contributed by atoms with E-state index in [9.17, 15) is 4.79 Å². The van der Waals surface area contributed by atoms with Gasteiger partial charge in [0.15, 0.2) is 0 Å². The zero-order chi connectivity index (χ0) is 16.8. The minimum atomic E-state index is 0.0431. The number of rotatable bonds is 6. The predicted molar refractivity (Wildman–Crippen MR) is 92.5 cm³/mol. The lowest BCUT2D eigenvalue weighted by Gasteiger charge is -2.22. The lowest BCUT2D eigenvalue weighted by atomic mass is 10.0. The molecule has 0 unspecified atom stereocenters. The summed E-state index contributed by atoms with van der Waals surface area (Å²) in [7, 11) is 3.24. The van der Waals surface area contributed by atoms with Crippen molar-refractivity contribution in [3.63, 3.8) is 0 Å². The lowest BCUT2D eigenvalue weighted by Crippen LogP contribution is -2.32. The number of hydrogen-bond donors (Lipinski definition) is 0. The molecule has 23 heavy (non-hydrogen) atoms. The molecule has 0 radical (unpaired) electrons. The Labute approximate surface area is 137 Å². The molecule has 2 aromatic carbocycles. The van der Waals surface area contributed by atoms with Crippen molar-refractivity contribution in [2.24, 2.45) is 0 Å². The van der Waals surface area contributed by atoms with Crippen molar-refractivity contribution < 1.29 is 14.3 Å². The van der Waals surface area contributed by atoms with Crippen LogP contribution in [0.25, 0.3) is 0 Å². The molecular weight excluding hydrogens is 290 g/mol. The number of likely N-dealkylation sites (N-methyl/N-ethyl adjacent to an activating group) is 1. The highest BCUT2D eigenvalue weighted by atomic mass is 16.5. The van der Waals surface area contributed by atoms with E-state index in [-0.39, 0.29) is 12.3 Å². The van der Waals surface area contributed by atoms with E-state index in [1.807, 2.05) is 56.3 Å². The van der Waals surface area contributed by atoms with E-state index in [0.29, 0.717) is 12.3 Å². The molecule has 0 heterocycles. The Morgan fingerprint density at radius 3 is 2.30 bits per heavy atom. The smallest absolute Gasteiger partial charge is 0.231 e. The average Bonchev–Trinajstić information content (AvgIpc) is 2.57. The van der Waals surface area contributed by atoms with Crippen molar-refractivity contribution in [2.45, 2.75) is 20.3 Å². The number of para-hydroxylation sites is 1. The highest BCUT2D eigenvalue weighted by molar-refractivity contribution is 5.95. The third kappa shape index (κ3) is 3.65. The second-order valence-corrected chi connectivity index (χ2v) is 5.24. The van der Waals surface area contributed by atoms with Gasteiger partial charge in [-0.1, -0.05) is 24.3 Å². The monoisotopic (exact) mass is 313 g/mol. The Balaban J connectivity index is 2.27. The molecular formula is C19H23NO3. The Hall–Kier alpha value is -2.49. The van der Waals surface area contributed by atoms with Gasteiger partial charge in [0.2, 0.25) is 5.91 Å². The number of carbonyl (C=O) groups is 1. The fourth-order valence-corrected chi connectivity index (χ4v) is 2.74. The van der Waals surface area contributed by atoms with Crippen LogP contribution in [0.4, 0.5) is 5.69 Å². The number of carbonyl (C=O) groups excluding carboxylic acids is 1. The minimum Gasteiger partial charge on any atom is -0.496 e. The number of amides is 1. The fraction of sp³-hybridized carbons (Fsp3) is 0.316. The van der Waals surface area contributed by atoms with Gasteiger partial charge in [-0.05, 0) is 32.0 Å². The summed E-state index contributed by atoms with van der Waals surface area (Å²) < 4.78 is 10.8. The first kappa shape index (κ1) is 16.9. The molecule has 0 aromatic heterocycles. The predicted octanol–water partition coefficient (Wildman–Crippen LogP) is 3.61. The van der Waals surface area contributed by atoms with Gasteiger partial charge in [-0.15, -0.1) is 0 Å². The summed E-state index contributed by atoms with van der Waals surface area (Å²) in [6.07, 6.45) is 0.288. The second-order valence-electron chi connectivity index (χ2n) is 5.24. The van der Waals surface area contributed by atoms with Crippen LogP contribution in [-0.2, 0) is 11.2 Å². The van der Waals surface area contributed by atoms with Crippen molar-refractivity contribution in [3.05, 3.63) is 53.6 Å². The maximum absolute atomic E-state index is 12.7. The van der Waals surface area contributed by atoms with Crippen molar-refractivity contribution in [1.29, 1.82) is 0 Å². The van der Waals surface area contributed by atoms with E-state index < -0.39 is 0 Å². The maximum Gasteiger partial charge on any atom is 0.231 e. The summed E-state index contributed by atoms with van der Waals surface area (Å²) in [4.78, 5) is 14.5. The summed E-state index contributed by atoms with van der Waals surface area (Å²) in [6.45, 7) is 4.53. The lowest BCUT2D eigenvalue weighted by molar-refractivity contribution is -0.118. The number of methoxy groups -OCH3 is 2. The van der Waals surface area contributed by atoms with E-state index in [1.54, 1.807) is 19.1 Å². The molecule has 0 bridgehead atoms. The van der Waals surface area contributed by atoms with Gasteiger partial charge < -0.3 is 14.4 Å². The maximum atomic E-state index is 12.7. The van der Waals surface area contributed by atoms with Gasteiger partial charge >= 0.3 is 0 Å². The van der Waals surface area contributed by atoms with E-state index >= 15 is 0 Å². The standard InChI is InChI=1S/C19H23NO3/c1-5-20(16-9-7-6-8-10-16)18(21)13-15-11-12-17(22-3)14(2)19(15)23-4/h6-12H,5,13H2,1-4H3. The Morgan fingerprint density at radius 2 is 1.74 bits per heavy atom. The number of nitrogens with zero attached hydrogens (tertiary/aromatic N) is 1. The summed E-state index contributed by atoms with van der Waals surface area (Å²) in [5.74, 6) is 1.51. The van der Waals surface area contributed by atoms with Crippen LogP contribution in [0.3, 0.4) is 0 Å². The van der Waals surface area contributed by atoms with Crippen molar-refractivity contribution >= 4 is 11.6 Å². The SMILES string of the molecule is CCN(C(=O)Cc1ccc(OC)c(C)c1OC)c1ccccc1. The van der Waals surface area contributed by atoms with Crippen molar-refractivity contribution in [2.75, 3.05) is 25.7 Å². The molecule has 4 heteroatoms. The van der Waals surface area contributed by atoms with Gasteiger partial charge in [-0.25, -0.2) is 0 Å². The Morgan fingerprint density at radius 1 is 1.04 bits per heavy atom. The van der Waals surface area contributed by atoms with E-state index in [2.05, 4.69) is 0 Å². The quantitative estimate of drug-likeness (QED) is 0.818. The first-order valence-electron chi connectivity index (χ1n) is 7.68. The molecule has 0 aliphatic rings. The van der Waals surface area contributed by atoms with E-state index in [1.165, 1.54) is 0 Å². The van der Waals surface area contributed by atoms with Crippen molar-refractivity contribution in [3.8, 4) is 11.5 Å². The van der Waals surface area contributed by atoms with Crippen LogP contribution in [-0.4, -0.2) is 26.7 Å². The number of hydrogen-bond acceptors (Lipinski definition) is 3. The highest BCUT2D eigenvalue weighted by Gasteiger charge is 2.18. The summed E-state index contributed by atoms with van der Waals surface area (Å²) >= 11 is 0. The fourth-order valence-electron chi connectivity index (χ4n) is 2.74. The van der Waals surface area contributed by atoms with Crippen molar-refractivity contribution in [1.82, 2.24) is 0 Å². The number of ether oxygens (including phenoxy) is 2. The van der Waals surface area contributed by atoms with Crippen LogP contribution in [0.5, 0.6) is 11.5 Å². The molecule has 0 atom stereocenters. The molecule has 0 aliphatic heterocycles. The van der Waals surface area contributed by atoms with E-state index in [0.717, 1.165) is 22.6 Å². The molecule has 2 rings (SSSR count). The summed E-state index contributed by atoms with van der Waals surface area (Å²) in [5.41, 5.74) is 2.68. The first-order valence-corrected chi connectivity index (χ1v) is 7.68. The Bertz CT molecular complexity index is 668. The summed E-state index contributed by atoms with van der Waals surface area (Å²) in [5, 5.41) is 0. The molecule has 0 saturated heterocycles. The molecule has 0 fully saturated rings. The largest absolute Gasteiger partial charge is 0.496 e. The van der Waals surface area contributed by atoms with Gasteiger partial charge in [0.1, 0.15) is 11.5 Å². The molecule has 0 aliphatic carbocycles. The molecule has 2 aromatic rings. The van der Waals surface area contributed by atoms with Gasteiger partial charge in [0, 0.05) is 23.4 Å². The average molecular weight is 313 g/mol. The highest BCUT2D eigenvalue weighted by Crippen LogP contribution is 2.32. The molecule has 122 valence electrons. The normalized spacial score (nSPS) is 10.3. The van der Waals surface area contributed by atoms with Crippen LogP contribution in [0.15, 0.2) is 42.5 Å². The third-order valence-corrected chi connectivity index (χ3v) is 3.89. The second kappa shape index (κ2) is 7.68. The van der Waals surface area contributed by atoms with Gasteiger partial charge in [-0.2, -0.15) is 0 Å². The van der Waals surface area contributed by atoms with E-state index in [4.69, 9.17) is 9.47 Å². The van der Waals surface area contributed by atoms with Crippen LogP contribution in [0.1, 0.15) is 18.1 Å². The summed E-state index contributed by atoms with van der Waals surface area (Å²) in [6, 6.07) is 13.5. The van der Waals surface area contributed by atoms with Crippen LogP contribution in [0, 0.1) is 6.92 Å². The van der Waals surface area contributed by atoms with Gasteiger partial charge in [0.25, 0.3) is 0 Å². The molecule has 0 spiro atoms. The van der Waals surface area contributed by atoms with Gasteiger partial charge in [-0.3, -0.25) is 4.79 Å². The van der Waals surface area contributed by atoms with Crippen LogP contribution >= 0.6 is 0 Å². The first-order chi connectivity index (χ1) is 11.1. The van der Waals surface area contributed by atoms with Gasteiger partial charge in [0.05, 0.1) is 20.6 Å². The Kier molecular flexibility index (Phi) is 5.63. The zero-order valence-corrected chi connectivity index (χ0v) is 14.1. The number of benzene rings is 2. The van der Waals surface area contributed by atoms with Crippen LogP contribution in [0.2, 0.25) is 0 Å². The topological polar surface area (TPSA) is 38.8 Å². The number of anilines is 1. The molecule has 1 amide bonds. The molecule has 0 saturated carbocycles. The minimum absolute atomic E-state index is 0.0431. The third-order valence-electron chi connectivity index (χ3n) is 3.89. The molecule has 4 nitrogen and oxygen atoms in total. The van der Waals surface area contributed by atoms with Crippen LogP contribution < -0.4 is 14.4 Å². The zero-order valence-electron chi connectivity index (χ0n) is 14.1. The molecule has 0 N–H and O–H groups in total.